The van der Waals surface area contributed by atoms with Crippen LogP contribution >= 0.6 is 0 Å². The van der Waals surface area contributed by atoms with Crippen LogP contribution in [0.3, 0.4) is 0 Å². The first-order valence-electron chi connectivity index (χ1n) is 15.8. The van der Waals surface area contributed by atoms with Gasteiger partial charge in [-0.05, 0) is 93.5 Å². The first kappa shape index (κ1) is 34.7. The molecule has 10 heteroatoms. The molecule has 0 unspecified atom stereocenters. The van der Waals surface area contributed by atoms with E-state index in [1.807, 2.05) is 24.3 Å². The number of rotatable bonds is 9. The van der Waals surface area contributed by atoms with Crippen LogP contribution in [0.1, 0.15) is 49.3 Å². The zero-order valence-electron chi connectivity index (χ0n) is 26.4. The Balaban J connectivity index is 1.27. The van der Waals surface area contributed by atoms with Crippen LogP contribution < -0.4 is 4.74 Å². The SMILES string of the molecule is CCCCCCc1ccc2cc(-c3ccc4c(F)c(C(F)(F)Oc5ccc6c(F)c(C#CC(F)(F)F)c(F)cc6c5)c(F)cc4c3)ccc2c1. The molecule has 0 saturated heterocycles. The predicted molar refractivity (Wildman–Crippen MR) is 176 cm³/mol. The second-order valence-electron chi connectivity index (χ2n) is 12.0. The summed E-state index contributed by atoms with van der Waals surface area (Å²) < 4.78 is 133. The fraction of sp³-hybridized carbons (Fsp3) is 0.200. The van der Waals surface area contributed by atoms with Gasteiger partial charge in [0.15, 0.2) is 0 Å². The highest BCUT2D eigenvalue weighted by atomic mass is 19.4. The zero-order chi connectivity index (χ0) is 35.8. The van der Waals surface area contributed by atoms with E-state index < -0.39 is 57.8 Å². The average molecular weight is 695 g/mol. The molecular weight excluding hydrogens is 667 g/mol. The Bertz CT molecular complexity index is 2310. The van der Waals surface area contributed by atoms with Gasteiger partial charge >= 0.3 is 12.3 Å². The summed E-state index contributed by atoms with van der Waals surface area (Å²) in [5, 5.41) is 0.945. The molecule has 0 aromatic heterocycles. The van der Waals surface area contributed by atoms with E-state index in [-0.39, 0.29) is 16.2 Å². The van der Waals surface area contributed by atoms with E-state index in [0.29, 0.717) is 11.6 Å². The predicted octanol–water partition coefficient (Wildman–Crippen LogP) is 12.5. The molecule has 0 aliphatic heterocycles. The van der Waals surface area contributed by atoms with E-state index in [9.17, 15) is 22.0 Å². The summed E-state index contributed by atoms with van der Waals surface area (Å²) in [6, 6.07) is 20.1. The molecule has 6 rings (SSSR count). The van der Waals surface area contributed by atoms with Gasteiger partial charge in [0.25, 0.3) is 0 Å². The minimum Gasteiger partial charge on any atom is -0.429 e. The van der Waals surface area contributed by atoms with Crippen LogP contribution in [0.2, 0.25) is 0 Å². The summed E-state index contributed by atoms with van der Waals surface area (Å²) in [6.45, 7) is 2.17. The quantitative estimate of drug-likeness (QED) is 0.0832. The van der Waals surface area contributed by atoms with Crippen LogP contribution in [-0.2, 0) is 12.5 Å². The second-order valence-corrected chi connectivity index (χ2v) is 12.0. The highest BCUT2D eigenvalue weighted by Gasteiger charge is 2.42. The summed E-state index contributed by atoms with van der Waals surface area (Å²) in [5.41, 5.74) is -0.229. The number of fused-ring (bicyclic) bond motifs is 3. The van der Waals surface area contributed by atoms with Crippen molar-refractivity contribution in [3.8, 4) is 28.7 Å². The third-order valence-electron chi connectivity index (χ3n) is 8.45. The molecule has 0 radical (unpaired) electrons. The molecule has 0 N–H and O–H groups in total. The number of hydrogen-bond acceptors (Lipinski definition) is 1. The lowest BCUT2D eigenvalue weighted by molar-refractivity contribution is -0.189. The minimum atomic E-state index is -5.01. The van der Waals surface area contributed by atoms with Crippen LogP contribution in [-0.4, -0.2) is 6.18 Å². The van der Waals surface area contributed by atoms with E-state index in [0.717, 1.165) is 59.4 Å². The second kappa shape index (κ2) is 13.6. The smallest absolute Gasteiger partial charge is 0.429 e. The summed E-state index contributed by atoms with van der Waals surface area (Å²) in [4.78, 5) is 0. The molecule has 0 amide bonds. The van der Waals surface area contributed by atoms with E-state index in [1.54, 1.807) is 0 Å². The fourth-order valence-electron chi connectivity index (χ4n) is 5.98. The summed E-state index contributed by atoms with van der Waals surface area (Å²) in [7, 11) is 0. The number of unbranched alkanes of at least 4 members (excludes halogenated alkanes) is 3. The largest absolute Gasteiger partial charge is 0.458 e. The van der Waals surface area contributed by atoms with Gasteiger partial charge in [-0.25, -0.2) is 17.6 Å². The van der Waals surface area contributed by atoms with Gasteiger partial charge in [0.2, 0.25) is 0 Å². The molecule has 0 heterocycles. The molecule has 0 spiro atoms. The van der Waals surface area contributed by atoms with Crippen molar-refractivity contribution in [1.82, 2.24) is 0 Å². The van der Waals surface area contributed by atoms with Crippen molar-refractivity contribution in [2.24, 2.45) is 0 Å². The Morgan fingerprint density at radius 1 is 0.600 bits per heavy atom. The topological polar surface area (TPSA) is 9.23 Å². The number of hydrogen-bond donors (Lipinski definition) is 0. The molecule has 256 valence electrons. The molecule has 0 saturated carbocycles. The first-order valence-corrected chi connectivity index (χ1v) is 15.8. The monoisotopic (exact) mass is 694 g/mol. The zero-order valence-corrected chi connectivity index (χ0v) is 26.4. The highest BCUT2D eigenvalue weighted by Crippen LogP contribution is 2.40. The molecular formula is C40H27F9O. The van der Waals surface area contributed by atoms with Gasteiger partial charge in [-0.3, -0.25) is 0 Å². The normalized spacial score (nSPS) is 12.0. The molecule has 0 fully saturated rings. The van der Waals surface area contributed by atoms with Crippen LogP contribution in [0.15, 0.2) is 84.9 Å². The van der Waals surface area contributed by atoms with Crippen molar-refractivity contribution in [1.29, 1.82) is 0 Å². The maximum Gasteiger partial charge on any atom is 0.458 e. The van der Waals surface area contributed by atoms with Crippen molar-refractivity contribution < 1.29 is 44.3 Å². The maximum absolute atomic E-state index is 15.6. The summed E-state index contributed by atoms with van der Waals surface area (Å²) >= 11 is 0. The van der Waals surface area contributed by atoms with Crippen molar-refractivity contribution in [2.75, 3.05) is 0 Å². The first-order chi connectivity index (χ1) is 23.7. The number of ether oxygens (including phenoxy) is 1. The van der Waals surface area contributed by atoms with Gasteiger partial charge in [0, 0.05) is 16.7 Å². The Morgan fingerprint density at radius 2 is 1.22 bits per heavy atom. The lowest BCUT2D eigenvalue weighted by Crippen LogP contribution is -2.25. The van der Waals surface area contributed by atoms with Gasteiger partial charge in [-0.15, -0.1) is 0 Å². The van der Waals surface area contributed by atoms with E-state index in [2.05, 4.69) is 23.8 Å². The maximum atomic E-state index is 15.6. The Labute approximate surface area is 281 Å². The lowest BCUT2D eigenvalue weighted by Gasteiger charge is -2.21. The number of halogens is 9. The molecule has 6 aromatic carbocycles. The number of aryl methyl sites for hydroxylation is 1. The van der Waals surface area contributed by atoms with E-state index >= 15 is 17.6 Å². The van der Waals surface area contributed by atoms with Crippen molar-refractivity contribution in [3.05, 3.63) is 125 Å². The molecule has 0 atom stereocenters. The van der Waals surface area contributed by atoms with E-state index in [4.69, 9.17) is 0 Å². The lowest BCUT2D eigenvalue weighted by atomic mass is 9.96. The summed E-state index contributed by atoms with van der Waals surface area (Å²) in [5.74, 6) is -4.65. The molecule has 1 nitrogen and oxygen atoms in total. The van der Waals surface area contributed by atoms with Gasteiger partial charge in [0.05, 0.1) is 5.56 Å². The average Bonchev–Trinajstić information content (AvgIpc) is 3.05. The van der Waals surface area contributed by atoms with Crippen LogP contribution in [0.25, 0.3) is 43.4 Å². The Hall–Kier alpha value is -5.17. The van der Waals surface area contributed by atoms with Gasteiger partial charge in [-0.1, -0.05) is 74.6 Å². The van der Waals surface area contributed by atoms with Crippen LogP contribution in [0, 0.1) is 35.1 Å². The van der Waals surface area contributed by atoms with Crippen LogP contribution in [0.4, 0.5) is 39.5 Å². The molecule has 50 heavy (non-hydrogen) atoms. The third kappa shape index (κ3) is 7.23. The summed E-state index contributed by atoms with van der Waals surface area (Å²) in [6.07, 6.45) is -3.95. The van der Waals surface area contributed by atoms with E-state index in [1.165, 1.54) is 48.9 Å². The molecule has 0 aliphatic rings. The minimum absolute atomic E-state index is 0.0284. The van der Waals surface area contributed by atoms with Crippen molar-refractivity contribution in [2.45, 2.75) is 51.3 Å². The molecule has 0 aliphatic carbocycles. The Kier molecular flexibility index (Phi) is 9.45. The third-order valence-corrected chi connectivity index (χ3v) is 8.45. The van der Waals surface area contributed by atoms with Crippen molar-refractivity contribution >= 4 is 32.3 Å². The van der Waals surface area contributed by atoms with Gasteiger partial charge in [0.1, 0.15) is 34.6 Å². The van der Waals surface area contributed by atoms with Crippen LogP contribution in [0.5, 0.6) is 5.75 Å². The van der Waals surface area contributed by atoms with Gasteiger partial charge in [-0.2, -0.15) is 22.0 Å². The Morgan fingerprint density at radius 3 is 1.96 bits per heavy atom. The number of benzene rings is 6. The van der Waals surface area contributed by atoms with Gasteiger partial charge < -0.3 is 4.74 Å². The number of alkyl halides is 5. The molecule has 0 bridgehead atoms. The fourth-order valence-corrected chi connectivity index (χ4v) is 5.98. The standard InChI is InChI=1S/C40H27F9O/c1-2-3-4-5-6-23-7-8-25-18-26(10-9-24(25)17-23)27-11-13-32-28(19-27)22-35(42)36(38(32)44)40(48,49)50-30-12-14-31-29(20-30)21-34(41)33(37(31)43)15-16-39(45,46)47/h7-14,17-22H,2-6H2,1H3. The highest BCUT2D eigenvalue weighted by molar-refractivity contribution is 5.92. The van der Waals surface area contributed by atoms with Crippen molar-refractivity contribution in [3.63, 3.8) is 0 Å². The molecule has 6 aromatic rings.